The molecule has 3 aromatic rings. The van der Waals surface area contributed by atoms with Crippen LogP contribution in [-0.2, 0) is 4.74 Å². The molecule has 174 valence electrons. The first-order valence-electron chi connectivity index (χ1n) is 11.0. The van der Waals surface area contributed by atoms with Crippen molar-refractivity contribution in [2.75, 3.05) is 13.1 Å². The van der Waals surface area contributed by atoms with E-state index in [0.29, 0.717) is 30.9 Å². The van der Waals surface area contributed by atoms with E-state index in [1.165, 1.54) is 4.52 Å². The first-order valence-corrected chi connectivity index (χ1v) is 11.0. The highest BCUT2D eigenvalue weighted by Crippen LogP contribution is 2.26. The van der Waals surface area contributed by atoms with Crippen LogP contribution in [0.5, 0.6) is 0 Å². The molecular formula is C24H29N5O4. The van der Waals surface area contributed by atoms with Crippen LogP contribution in [0, 0.1) is 13.8 Å². The Hall–Kier alpha value is -3.62. The van der Waals surface area contributed by atoms with Gasteiger partial charge >= 0.3 is 6.09 Å². The van der Waals surface area contributed by atoms with Crippen LogP contribution in [0.4, 0.5) is 4.79 Å². The maximum Gasteiger partial charge on any atom is 0.410 e. The van der Waals surface area contributed by atoms with Gasteiger partial charge in [0.25, 0.3) is 11.5 Å². The Morgan fingerprint density at radius 2 is 1.88 bits per heavy atom. The number of fused-ring (bicyclic) bond motifs is 1. The van der Waals surface area contributed by atoms with Crippen molar-refractivity contribution in [2.24, 2.45) is 0 Å². The van der Waals surface area contributed by atoms with Gasteiger partial charge in [-0.2, -0.15) is 0 Å². The third-order valence-electron chi connectivity index (χ3n) is 5.61. The molecule has 9 nitrogen and oxygen atoms in total. The lowest BCUT2D eigenvalue weighted by Gasteiger charge is -2.24. The van der Waals surface area contributed by atoms with Gasteiger partial charge in [0.15, 0.2) is 5.65 Å². The van der Waals surface area contributed by atoms with Crippen molar-refractivity contribution in [3.63, 3.8) is 0 Å². The molecule has 4 rings (SSSR count). The first-order chi connectivity index (χ1) is 15.5. The summed E-state index contributed by atoms with van der Waals surface area (Å²) in [4.78, 5) is 44.7. The summed E-state index contributed by atoms with van der Waals surface area (Å²) in [5.41, 5.74) is 2.33. The highest BCUT2D eigenvalue weighted by atomic mass is 16.6. The molecule has 1 atom stereocenters. The topological polar surface area (TPSA) is 109 Å². The quantitative estimate of drug-likeness (QED) is 0.636. The van der Waals surface area contributed by atoms with Gasteiger partial charge in [0.05, 0.1) is 5.69 Å². The summed E-state index contributed by atoms with van der Waals surface area (Å²) in [7, 11) is 0. The van der Waals surface area contributed by atoms with E-state index in [-0.39, 0.29) is 11.6 Å². The number of aromatic nitrogens is 3. The summed E-state index contributed by atoms with van der Waals surface area (Å²) in [6, 6.07) is 9.41. The summed E-state index contributed by atoms with van der Waals surface area (Å²) in [6.45, 7) is 9.77. The zero-order chi connectivity index (χ0) is 23.9. The van der Waals surface area contributed by atoms with E-state index >= 15 is 0 Å². The monoisotopic (exact) mass is 451 g/mol. The number of carbonyl (C=O) groups excluding carboxylic acids is 2. The number of benzene rings is 1. The Bertz CT molecular complexity index is 1270. The van der Waals surface area contributed by atoms with E-state index in [0.717, 1.165) is 16.8 Å². The summed E-state index contributed by atoms with van der Waals surface area (Å²) in [5, 5.41) is 5.93. The number of nitrogens with zero attached hydrogens (tertiary/aromatic N) is 3. The highest BCUT2D eigenvalue weighted by Gasteiger charge is 2.32. The number of ether oxygens (including phenoxy) is 1. The first kappa shape index (κ1) is 22.6. The van der Waals surface area contributed by atoms with Gasteiger partial charge in [-0.05, 0) is 46.6 Å². The fourth-order valence-corrected chi connectivity index (χ4v) is 4.13. The molecular weight excluding hydrogens is 422 g/mol. The molecule has 2 aromatic heterocycles. The largest absolute Gasteiger partial charge is 0.444 e. The van der Waals surface area contributed by atoms with Crippen molar-refractivity contribution in [3.8, 4) is 11.1 Å². The summed E-state index contributed by atoms with van der Waals surface area (Å²) in [6.07, 6.45) is 0.176. The van der Waals surface area contributed by atoms with E-state index < -0.39 is 23.2 Å². The number of nitrogens with one attached hydrogen (secondary N) is 2. The average Bonchev–Trinajstić information content (AvgIpc) is 3.31. The molecule has 33 heavy (non-hydrogen) atoms. The van der Waals surface area contributed by atoms with Crippen molar-refractivity contribution in [1.82, 2.24) is 24.8 Å². The SMILES string of the molecule is Cc1nc2c(-c3ccccc3)c(C)[nH]n2c(=O)c1C(=O)N[C@H]1CCN(C(=O)OC(C)(C)C)C1. The van der Waals surface area contributed by atoms with Crippen molar-refractivity contribution < 1.29 is 14.3 Å². The molecule has 9 heteroatoms. The molecule has 0 radical (unpaired) electrons. The number of H-pyrrole nitrogens is 1. The Kier molecular flexibility index (Phi) is 5.73. The molecule has 0 spiro atoms. The minimum absolute atomic E-state index is 0.0101. The highest BCUT2D eigenvalue weighted by molar-refractivity contribution is 5.95. The fraction of sp³-hybridized carbons (Fsp3) is 0.417. The van der Waals surface area contributed by atoms with Crippen molar-refractivity contribution in [3.05, 3.63) is 57.6 Å². The van der Waals surface area contributed by atoms with Crippen LogP contribution in [-0.4, -0.2) is 56.2 Å². The van der Waals surface area contributed by atoms with E-state index in [9.17, 15) is 14.4 Å². The van der Waals surface area contributed by atoms with Gasteiger partial charge < -0.3 is 15.0 Å². The lowest BCUT2D eigenvalue weighted by molar-refractivity contribution is 0.0290. The lowest BCUT2D eigenvalue weighted by atomic mass is 10.1. The molecule has 0 bridgehead atoms. The van der Waals surface area contributed by atoms with Gasteiger partial charge in [0, 0.05) is 30.4 Å². The van der Waals surface area contributed by atoms with E-state index in [4.69, 9.17) is 4.74 Å². The van der Waals surface area contributed by atoms with Crippen LogP contribution >= 0.6 is 0 Å². The third kappa shape index (κ3) is 4.48. The molecule has 1 saturated heterocycles. The molecule has 3 heterocycles. The average molecular weight is 452 g/mol. The molecule has 0 saturated carbocycles. The van der Waals surface area contributed by atoms with Crippen LogP contribution in [0.15, 0.2) is 35.1 Å². The molecule has 0 unspecified atom stereocenters. The Balaban J connectivity index is 1.57. The summed E-state index contributed by atoms with van der Waals surface area (Å²) in [5.74, 6) is -0.496. The van der Waals surface area contributed by atoms with Gasteiger partial charge in [-0.1, -0.05) is 30.3 Å². The van der Waals surface area contributed by atoms with Gasteiger partial charge in [-0.3, -0.25) is 14.7 Å². The number of aryl methyl sites for hydroxylation is 2. The second-order valence-corrected chi connectivity index (χ2v) is 9.40. The smallest absolute Gasteiger partial charge is 0.410 e. The van der Waals surface area contributed by atoms with Crippen molar-refractivity contribution in [2.45, 2.75) is 52.7 Å². The fourth-order valence-electron chi connectivity index (χ4n) is 4.13. The third-order valence-corrected chi connectivity index (χ3v) is 5.61. The molecule has 2 N–H and O–H groups in total. The Morgan fingerprint density at radius 3 is 2.55 bits per heavy atom. The molecule has 0 aliphatic carbocycles. The zero-order valence-electron chi connectivity index (χ0n) is 19.6. The van der Waals surface area contributed by atoms with Crippen LogP contribution < -0.4 is 10.9 Å². The van der Waals surface area contributed by atoms with Crippen molar-refractivity contribution >= 4 is 17.6 Å². The predicted molar refractivity (Wildman–Crippen MR) is 124 cm³/mol. The predicted octanol–water partition coefficient (Wildman–Crippen LogP) is 3.05. The molecule has 2 amide bonds. The van der Waals surface area contributed by atoms with Crippen LogP contribution in [0.1, 0.15) is 48.9 Å². The standard InChI is InChI=1S/C24H29N5O4/c1-14-19(21(30)26-17-11-12-28(13-17)23(32)33-24(3,4)5)22(31)29-20(25-14)18(15(2)27-29)16-9-7-6-8-10-16/h6-10,17,27H,11-13H2,1-5H3,(H,26,30)/t17-/m0/s1. The molecule has 1 aliphatic heterocycles. The van der Waals surface area contributed by atoms with Gasteiger partial charge in [0.2, 0.25) is 0 Å². The van der Waals surface area contributed by atoms with E-state index in [1.807, 2.05) is 58.0 Å². The number of aromatic amines is 1. The maximum atomic E-state index is 13.2. The van der Waals surface area contributed by atoms with Gasteiger partial charge in [0.1, 0.15) is 11.2 Å². The van der Waals surface area contributed by atoms with E-state index in [1.54, 1.807) is 11.8 Å². The number of carbonyl (C=O) groups is 2. The Labute approximate surface area is 191 Å². The molecule has 1 fully saturated rings. The second-order valence-electron chi connectivity index (χ2n) is 9.40. The second kappa shape index (κ2) is 8.38. The number of amides is 2. The van der Waals surface area contributed by atoms with Gasteiger partial charge in [-0.25, -0.2) is 14.3 Å². The Morgan fingerprint density at radius 1 is 1.18 bits per heavy atom. The lowest BCUT2D eigenvalue weighted by Crippen LogP contribution is -2.42. The van der Waals surface area contributed by atoms with Crippen LogP contribution in [0.3, 0.4) is 0 Å². The minimum atomic E-state index is -0.585. The molecule has 1 aromatic carbocycles. The van der Waals surface area contributed by atoms with E-state index in [2.05, 4.69) is 15.4 Å². The summed E-state index contributed by atoms with van der Waals surface area (Å²) < 4.78 is 6.72. The number of hydrogen-bond donors (Lipinski definition) is 2. The minimum Gasteiger partial charge on any atom is -0.444 e. The zero-order valence-corrected chi connectivity index (χ0v) is 19.6. The number of likely N-dealkylation sites (tertiary alicyclic amines) is 1. The summed E-state index contributed by atoms with van der Waals surface area (Å²) >= 11 is 0. The number of hydrogen-bond acceptors (Lipinski definition) is 5. The van der Waals surface area contributed by atoms with Gasteiger partial charge in [-0.15, -0.1) is 0 Å². The molecule has 1 aliphatic rings. The van der Waals surface area contributed by atoms with Crippen molar-refractivity contribution in [1.29, 1.82) is 0 Å². The number of rotatable bonds is 3. The van der Waals surface area contributed by atoms with Crippen LogP contribution in [0.2, 0.25) is 0 Å². The normalized spacial score (nSPS) is 16.3. The van der Waals surface area contributed by atoms with Crippen LogP contribution in [0.25, 0.3) is 16.8 Å². The maximum absolute atomic E-state index is 13.2.